The van der Waals surface area contributed by atoms with Crippen molar-refractivity contribution in [1.82, 2.24) is 9.97 Å². The molecular weight excluding hydrogens is 212 g/mol. The van der Waals surface area contributed by atoms with Gasteiger partial charge in [-0.25, -0.2) is 9.97 Å². The van der Waals surface area contributed by atoms with Crippen LogP contribution in [0.5, 0.6) is 0 Å². The van der Waals surface area contributed by atoms with E-state index in [1.165, 1.54) is 32.1 Å². The Kier molecular flexibility index (Phi) is 3.82. The van der Waals surface area contributed by atoms with E-state index in [0.717, 1.165) is 23.6 Å². The molecule has 1 heterocycles. The van der Waals surface area contributed by atoms with Crippen molar-refractivity contribution in [2.75, 3.05) is 11.1 Å². The molecule has 1 aliphatic carbocycles. The standard InChI is InChI=1S/C13H22N4/c1-3-11-16-12(14)9(2)13(17-11)15-10-7-5-4-6-8-10/h10H,3-8H2,1-2H3,(H3,14,15,16,17). The highest BCUT2D eigenvalue weighted by Gasteiger charge is 2.16. The van der Waals surface area contributed by atoms with Crippen LogP contribution in [0.2, 0.25) is 0 Å². The maximum atomic E-state index is 5.91. The maximum Gasteiger partial charge on any atom is 0.134 e. The lowest BCUT2D eigenvalue weighted by Gasteiger charge is -2.24. The minimum Gasteiger partial charge on any atom is -0.383 e. The summed E-state index contributed by atoms with van der Waals surface area (Å²) in [5.74, 6) is 2.36. The normalized spacial score (nSPS) is 17.1. The number of nitrogen functional groups attached to an aromatic ring is 1. The molecule has 0 amide bonds. The van der Waals surface area contributed by atoms with E-state index < -0.39 is 0 Å². The topological polar surface area (TPSA) is 63.8 Å². The van der Waals surface area contributed by atoms with Crippen LogP contribution in [0.25, 0.3) is 0 Å². The van der Waals surface area contributed by atoms with Crippen LogP contribution in [-0.2, 0) is 6.42 Å². The Balaban J connectivity index is 2.15. The van der Waals surface area contributed by atoms with Gasteiger partial charge < -0.3 is 11.1 Å². The van der Waals surface area contributed by atoms with Crippen molar-refractivity contribution in [3.8, 4) is 0 Å². The molecular formula is C13H22N4. The summed E-state index contributed by atoms with van der Waals surface area (Å²) in [7, 11) is 0. The van der Waals surface area contributed by atoms with E-state index >= 15 is 0 Å². The molecule has 0 radical (unpaired) electrons. The molecule has 94 valence electrons. The monoisotopic (exact) mass is 234 g/mol. The summed E-state index contributed by atoms with van der Waals surface area (Å²) >= 11 is 0. The first-order chi connectivity index (χ1) is 8.20. The minimum atomic E-state index is 0.557. The number of nitrogens with one attached hydrogen (secondary N) is 1. The average Bonchev–Trinajstić information content (AvgIpc) is 2.36. The molecule has 1 saturated carbocycles. The summed E-state index contributed by atoms with van der Waals surface area (Å²) in [6.45, 7) is 4.04. The lowest BCUT2D eigenvalue weighted by atomic mass is 9.95. The molecule has 3 N–H and O–H groups in total. The Bertz CT molecular complexity index is 383. The van der Waals surface area contributed by atoms with Gasteiger partial charge in [0, 0.05) is 18.0 Å². The largest absolute Gasteiger partial charge is 0.383 e. The Morgan fingerprint density at radius 2 is 1.94 bits per heavy atom. The van der Waals surface area contributed by atoms with Gasteiger partial charge in [-0.1, -0.05) is 26.2 Å². The highest BCUT2D eigenvalue weighted by atomic mass is 15.1. The van der Waals surface area contributed by atoms with Crippen LogP contribution in [-0.4, -0.2) is 16.0 Å². The number of hydrogen-bond acceptors (Lipinski definition) is 4. The molecule has 0 aliphatic heterocycles. The first-order valence-electron chi connectivity index (χ1n) is 6.60. The molecule has 17 heavy (non-hydrogen) atoms. The van der Waals surface area contributed by atoms with Gasteiger partial charge in [0.25, 0.3) is 0 Å². The molecule has 1 aromatic heterocycles. The predicted molar refractivity (Wildman–Crippen MR) is 71.1 cm³/mol. The third kappa shape index (κ3) is 2.87. The summed E-state index contributed by atoms with van der Waals surface area (Å²) in [6.07, 6.45) is 7.30. The van der Waals surface area contributed by atoms with Crippen LogP contribution in [0, 0.1) is 6.92 Å². The fourth-order valence-corrected chi connectivity index (χ4v) is 2.32. The Hall–Kier alpha value is -1.32. The first-order valence-corrected chi connectivity index (χ1v) is 6.60. The lowest BCUT2D eigenvalue weighted by molar-refractivity contribution is 0.461. The molecule has 0 saturated heterocycles. The van der Waals surface area contributed by atoms with Gasteiger partial charge in [-0.3, -0.25) is 0 Å². The van der Waals surface area contributed by atoms with E-state index in [0.29, 0.717) is 11.9 Å². The van der Waals surface area contributed by atoms with E-state index in [-0.39, 0.29) is 0 Å². The Morgan fingerprint density at radius 3 is 2.59 bits per heavy atom. The van der Waals surface area contributed by atoms with Crippen molar-refractivity contribution < 1.29 is 0 Å². The van der Waals surface area contributed by atoms with Crippen LogP contribution >= 0.6 is 0 Å². The van der Waals surface area contributed by atoms with Crippen LogP contribution in [0.4, 0.5) is 11.6 Å². The molecule has 0 spiro atoms. The summed E-state index contributed by atoms with van der Waals surface area (Å²) in [4.78, 5) is 8.82. The van der Waals surface area contributed by atoms with Crippen molar-refractivity contribution in [3.05, 3.63) is 11.4 Å². The highest BCUT2D eigenvalue weighted by molar-refractivity contribution is 5.55. The fourth-order valence-electron chi connectivity index (χ4n) is 2.32. The lowest BCUT2D eigenvalue weighted by Crippen LogP contribution is -2.24. The van der Waals surface area contributed by atoms with Gasteiger partial charge in [-0.05, 0) is 19.8 Å². The number of hydrogen-bond donors (Lipinski definition) is 2. The predicted octanol–water partition coefficient (Wildman–Crippen LogP) is 2.67. The SMILES string of the molecule is CCc1nc(N)c(C)c(NC2CCCCC2)n1. The molecule has 0 atom stereocenters. The van der Waals surface area contributed by atoms with Crippen molar-refractivity contribution >= 4 is 11.6 Å². The summed E-state index contributed by atoms with van der Waals surface area (Å²) in [5.41, 5.74) is 6.89. The summed E-state index contributed by atoms with van der Waals surface area (Å²) in [6, 6.07) is 0.557. The second-order valence-corrected chi connectivity index (χ2v) is 4.83. The third-order valence-electron chi connectivity index (χ3n) is 3.49. The molecule has 1 aromatic rings. The van der Waals surface area contributed by atoms with Gasteiger partial charge in [0.2, 0.25) is 0 Å². The van der Waals surface area contributed by atoms with E-state index in [9.17, 15) is 0 Å². The van der Waals surface area contributed by atoms with Crippen molar-refractivity contribution in [1.29, 1.82) is 0 Å². The molecule has 1 fully saturated rings. The summed E-state index contributed by atoms with van der Waals surface area (Å²) < 4.78 is 0. The molecule has 0 bridgehead atoms. The molecule has 4 nitrogen and oxygen atoms in total. The molecule has 2 rings (SSSR count). The second kappa shape index (κ2) is 5.34. The van der Waals surface area contributed by atoms with Gasteiger partial charge in [-0.15, -0.1) is 0 Å². The van der Waals surface area contributed by atoms with Crippen LogP contribution in [0.1, 0.15) is 50.4 Å². The van der Waals surface area contributed by atoms with Crippen LogP contribution < -0.4 is 11.1 Å². The van der Waals surface area contributed by atoms with Gasteiger partial charge in [0.05, 0.1) is 0 Å². The van der Waals surface area contributed by atoms with Gasteiger partial charge in [0.1, 0.15) is 17.5 Å². The Labute approximate surface area is 103 Å². The number of nitrogens with zero attached hydrogens (tertiary/aromatic N) is 2. The number of aryl methyl sites for hydroxylation is 1. The van der Waals surface area contributed by atoms with Crippen LogP contribution in [0.15, 0.2) is 0 Å². The zero-order chi connectivity index (χ0) is 12.3. The number of aromatic nitrogens is 2. The number of anilines is 2. The highest BCUT2D eigenvalue weighted by Crippen LogP contribution is 2.24. The molecule has 1 aliphatic rings. The molecule has 4 heteroatoms. The maximum absolute atomic E-state index is 5.91. The fraction of sp³-hybridized carbons (Fsp3) is 0.692. The van der Waals surface area contributed by atoms with E-state index in [1.807, 2.05) is 6.92 Å². The number of rotatable bonds is 3. The van der Waals surface area contributed by atoms with E-state index in [1.54, 1.807) is 0 Å². The van der Waals surface area contributed by atoms with Crippen LogP contribution in [0.3, 0.4) is 0 Å². The van der Waals surface area contributed by atoms with Gasteiger partial charge in [0.15, 0.2) is 0 Å². The number of nitrogens with two attached hydrogens (primary N) is 1. The second-order valence-electron chi connectivity index (χ2n) is 4.83. The zero-order valence-corrected chi connectivity index (χ0v) is 10.8. The van der Waals surface area contributed by atoms with Gasteiger partial charge >= 0.3 is 0 Å². The smallest absolute Gasteiger partial charge is 0.134 e. The Morgan fingerprint density at radius 1 is 1.24 bits per heavy atom. The third-order valence-corrected chi connectivity index (χ3v) is 3.49. The average molecular weight is 234 g/mol. The van der Waals surface area contributed by atoms with Crippen molar-refractivity contribution in [2.24, 2.45) is 0 Å². The van der Waals surface area contributed by atoms with E-state index in [2.05, 4.69) is 22.2 Å². The van der Waals surface area contributed by atoms with Gasteiger partial charge in [-0.2, -0.15) is 0 Å². The van der Waals surface area contributed by atoms with Crippen molar-refractivity contribution in [3.63, 3.8) is 0 Å². The van der Waals surface area contributed by atoms with Crippen molar-refractivity contribution in [2.45, 2.75) is 58.4 Å². The zero-order valence-electron chi connectivity index (χ0n) is 10.8. The first kappa shape index (κ1) is 12.1. The molecule has 0 aromatic carbocycles. The summed E-state index contributed by atoms with van der Waals surface area (Å²) in [5, 5.41) is 3.53. The van der Waals surface area contributed by atoms with E-state index in [4.69, 9.17) is 5.73 Å². The molecule has 0 unspecified atom stereocenters. The quantitative estimate of drug-likeness (QED) is 0.844. The minimum absolute atomic E-state index is 0.557.